The van der Waals surface area contributed by atoms with Crippen LogP contribution in [0.2, 0.25) is 0 Å². The van der Waals surface area contributed by atoms with Crippen molar-refractivity contribution in [3.8, 4) is 5.75 Å². The highest BCUT2D eigenvalue weighted by Gasteiger charge is 1.99. The van der Waals surface area contributed by atoms with Crippen molar-refractivity contribution in [3.63, 3.8) is 0 Å². The van der Waals surface area contributed by atoms with E-state index in [-0.39, 0.29) is 0 Å². The fraction of sp³-hybridized carbons (Fsp3) is 0.333. The third-order valence-corrected chi connectivity index (χ3v) is 3.37. The Morgan fingerprint density at radius 2 is 1.60 bits per heavy atom. The molecule has 0 amide bonds. The van der Waals surface area contributed by atoms with E-state index < -0.39 is 0 Å². The van der Waals surface area contributed by atoms with E-state index in [1.165, 1.54) is 11.3 Å². The molecule has 0 bridgehead atoms. The second-order valence-electron chi connectivity index (χ2n) is 5.13. The summed E-state index contributed by atoms with van der Waals surface area (Å²) >= 11 is 0. The van der Waals surface area contributed by atoms with Gasteiger partial charge in [-0.05, 0) is 44.0 Å². The van der Waals surface area contributed by atoms with Crippen LogP contribution >= 0.6 is 0 Å². The molecule has 0 aliphatic heterocycles. The topological polar surface area (TPSA) is 12.5 Å². The Balaban J connectivity index is 1.63. The Bertz CT molecular complexity index is 493. The molecule has 0 unspecified atom stereocenters. The number of nitrogens with zero attached hydrogens (tertiary/aromatic N) is 1. The van der Waals surface area contributed by atoms with Crippen molar-refractivity contribution >= 4 is 5.69 Å². The summed E-state index contributed by atoms with van der Waals surface area (Å²) in [6.45, 7) is 3.93. The fourth-order valence-electron chi connectivity index (χ4n) is 2.09. The van der Waals surface area contributed by atoms with E-state index in [0.29, 0.717) is 0 Å². The predicted octanol–water partition coefficient (Wildman–Crippen LogP) is 4.29. The first-order valence-electron chi connectivity index (χ1n) is 7.21. The number of para-hydroxylation sites is 1. The van der Waals surface area contributed by atoms with Gasteiger partial charge in [0.05, 0.1) is 6.61 Å². The van der Waals surface area contributed by atoms with E-state index in [1.54, 1.807) is 0 Å². The standard InChI is InChI=1S/C18H23NO/c1-16-10-12-18(13-11-16)20-15-7-6-14-19(2)17-8-4-3-5-9-17/h3-5,8-13H,6-7,14-15H2,1-2H3. The van der Waals surface area contributed by atoms with Gasteiger partial charge < -0.3 is 9.64 Å². The summed E-state index contributed by atoms with van der Waals surface area (Å²) in [7, 11) is 2.14. The zero-order valence-electron chi connectivity index (χ0n) is 12.4. The lowest BCUT2D eigenvalue weighted by Crippen LogP contribution is -2.18. The molecule has 0 N–H and O–H groups in total. The van der Waals surface area contributed by atoms with Gasteiger partial charge in [0, 0.05) is 19.3 Å². The summed E-state index contributed by atoms with van der Waals surface area (Å²) < 4.78 is 5.73. The van der Waals surface area contributed by atoms with Gasteiger partial charge in [0.15, 0.2) is 0 Å². The molecule has 0 spiro atoms. The third-order valence-electron chi connectivity index (χ3n) is 3.37. The molecule has 0 aliphatic carbocycles. The highest BCUT2D eigenvalue weighted by molar-refractivity contribution is 5.44. The summed E-state index contributed by atoms with van der Waals surface area (Å²) in [5, 5.41) is 0. The summed E-state index contributed by atoms with van der Waals surface area (Å²) in [4.78, 5) is 2.28. The van der Waals surface area contributed by atoms with Gasteiger partial charge in [-0.25, -0.2) is 0 Å². The van der Waals surface area contributed by atoms with E-state index in [4.69, 9.17) is 4.74 Å². The number of aryl methyl sites for hydroxylation is 1. The van der Waals surface area contributed by atoms with Gasteiger partial charge in [-0.15, -0.1) is 0 Å². The smallest absolute Gasteiger partial charge is 0.119 e. The van der Waals surface area contributed by atoms with Crippen molar-refractivity contribution in [2.24, 2.45) is 0 Å². The Morgan fingerprint density at radius 1 is 0.900 bits per heavy atom. The maximum Gasteiger partial charge on any atom is 0.119 e. The average Bonchev–Trinajstić information content (AvgIpc) is 2.49. The summed E-state index contributed by atoms with van der Waals surface area (Å²) in [5.41, 5.74) is 2.54. The largest absolute Gasteiger partial charge is 0.494 e. The molecule has 0 radical (unpaired) electrons. The number of anilines is 1. The van der Waals surface area contributed by atoms with Gasteiger partial charge in [-0.3, -0.25) is 0 Å². The molecule has 0 heterocycles. The minimum atomic E-state index is 0.783. The summed E-state index contributed by atoms with van der Waals surface area (Å²) in [6, 6.07) is 18.7. The molecule has 2 aromatic carbocycles. The van der Waals surface area contributed by atoms with Crippen LogP contribution in [0, 0.1) is 6.92 Å². The first-order valence-corrected chi connectivity index (χ1v) is 7.21. The quantitative estimate of drug-likeness (QED) is 0.695. The Labute approximate surface area is 122 Å². The Hall–Kier alpha value is -1.96. The molecule has 106 valence electrons. The first kappa shape index (κ1) is 14.4. The van der Waals surface area contributed by atoms with Gasteiger partial charge in [-0.2, -0.15) is 0 Å². The molecular formula is C18H23NO. The van der Waals surface area contributed by atoms with Crippen LogP contribution in [0.4, 0.5) is 5.69 Å². The van der Waals surface area contributed by atoms with Gasteiger partial charge in [0.2, 0.25) is 0 Å². The summed E-state index contributed by atoms with van der Waals surface area (Å²) in [6.07, 6.45) is 2.21. The average molecular weight is 269 g/mol. The zero-order valence-corrected chi connectivity index (χ0v) is 12.4. The number of hydrogen-bond donors (Lipinski definition) is 0. The molecule has 0 atom stereocenters. The molecule has 0 aromatic heterocycles. The van der Waals surface area contributed by atoms with Gasteiger partial charge in [0.25, 0.3) is 0 Å². The molecule has 2 heteroatoms. The fourth-order valence-corrected chi connectivity index (χ4v) is 2.09. The van der Waals surface area contributed by atoms with Crippen LogP contribution in [0.5, 0.6) is 5.75 Å². The first-order chi connectivity index (χ1) is 9.75. The molecule has 0 saturated carbocycles. The van der Waals surface area contributed by atoms with Crippen molar-refractivity contribution in [1.82, 2.24) is 0 Å². The number of unbranched alkanes of at least 4 members (excludes halogenated alkanes) is 1. The number of benzene rings is 2. The van der Waals surface area contributed by atoms with Crippen molar-refractivity contribution in [2.45, 2.75) is 19.8 Å². The van der Waals surface area contributed by atoms with Crippen molar-refractivity contribution in [1.29, 1.82) is 0 Å². The van der Waals surface area contributed by atoms with E-state index in [1.807, 2.05) is 18.2 Å². The zero-order chi connectivity index (χ0) is 14.2. The van der Waals surface area contributed by atoms with Crippen LogP contribution in [0.25, 0.3) is 0 Å². The van der Waals surface area contributed by atoms with Gasteiger partial charge in [-0.1, -0.05) is 35.9 Å². The third kappa shape index (κ3) is 4.61. The molecular weight excluding hydrogens is 246 g/mol. The molecule has 2 aromatic rings. The lowest BCUT2D eigenvalue weighted by atomic mass is 10.2. The van der Waals surface area contributed by atoms with Crippen molar-refractivity contribution in [2.75, 3.05) is 25.1 Å². The molecule has 0 aliphatic rings. The normalized spacial score (nSPS) is 10.3. The van der Waals surface area contributed by atoms with Crippen LogP contribution in [0.15, 0.2) is 54.6 Å². The number of ether oxygens (including phenoxy) is 1. The molecule has 0 saturated heterocycles. The molecule has 2 rings (SSSR count). The minimum absolute atomic E-state index is 0.783. The molecule has 20 heavy (non-hydrogen) atoms. The Morgan fingerprint density at radius 3 is 2.30 bits per heavy atom. The number of hydrogen-bond acceptors (Lipinski definition) is 2. The van der Waals surface area contributed by atoms with E-state index >= 15 is 0 Å². The Kier molecular flexibility index (Phi) is 5.48. The monoisotopic (exact) mass is 269 g/mol. The van der Waals surface area contributed by atoms with Crippen molar-refractivity contribution < 1.29 is 4.74 Å². The highest BCUT2D eigenvalue weighted by Crippen LogP contribution is 2.13. The number of rotatable bonds is 7. The second-order valence-corrected chi connectivity index (χ2v) is 5.13. The van der Waals surface area contributed by atoms with Crippen LogP contribution in [-0.2, 0) is 0 Å². The molecule has 0 fully saturated rings. The van der Waals surface area contributed by atoms with E-state index in [2.05, 4.69) is 55.3 Å². The van der Waals surface area contributed by atoms with Crippen molar-refractivity contribution in [3.05, 3.63) is 60.2 Å². The second kappa shape index (κ2) is 7.59. The van der Waals surface area contributed by atoms with Crippen LogP contribution in [0.1, 0.15) is 18.4 Å². The lowest BCUT2D eigenvalue weighted by Gasteiger charge is -2.19. The van der Waals surface area contributed by atoms with Crippen LogP contribution in [0.3, 0.4) is 0 Å². The lowest BCUT2D eigenvalue weighted by molar-refractivity contribution is 0.307. The predicted molar refractivity (Wildman–Crippen MR) is 85.6 cm³/mol. The van der Waals surface area contributed by atoms with Gasteiger partial charge in [0.1, 0.15) is 5.75 Å². The summed E-state index contributed by atoms with van der Waals surface area (Å²) in [5.74, 6) is 0.965. The molecule has 2 nitrogen and oxygen atoms in total. The van der Waals surface area contributed by atoms with Crippen LogP contribution in [-0.4, -0.2) is 20.2 Å². The van der Waals surface area contributed by atoms with Gasteiger partial charge >= 0.3 is 0 Å². The van der Waals surface area contributed by atoms with Crippen LogP contribution < -0.4 is 9.64 Å². The maximum absolute atomic E-state index is 5.73. The van der Waals surface area contributed by atoms with E-state index in [9.17, 15) is 0 Å². The maximum atomic E-state index is 5.73. The SMILES string of the molecule is Cc1ccc(OCCCCN(C)c2ccccc2)cc1. The highest BCUT2D eigenvalue weighted by atomic mass is 16.5. The minimum Gasteiger partial charge on any atom is -0.494 e. The van der Waals surface area contributed by atoms with E-state index in [0.717, 1.165) is 31.7 Å².